The van der Waals surface area contributed by atoms with Crippen LogP contribution in [0.15, 0.2) is 36.8 Å². The van der Waals surface area contributed by atoms with Crippen LogP contribution in [0.2, 0.25) is 0 Å². The van der Waals surface area contributed by atoms with E-state index in [2.05, 4.69) is 35.3 Å². The predicted octanol–water partition coefficient (Wildman–Crippen LogP) is 3.14. The maximum atomic E-state index is 9.71. The first-order chi connectivity index (χ1) is 9.88. The van der Waals surface area contributed by atoms with Gasteiger partial charge >= 0.3 is 0 Å². The molecule has 0 atom stereocenters. The first-order valence-electron chi connectivity index (χ1n) is 6.79. The van der Waals surface area contributed by atoms with Crippen molar-refractivity contribution in [3.8, 4) is 16.9 Å². The van der Waals surface area contributed by atoms with Gasteiger partial charge in [-0.15, -0.1) is 0 Å². The molecule has 1 aromatic carbocycles. The molecule has 2 heterocycles. The molecule has 2 aromatic heterocycles. The number of nitrogen functional groups attached to an aromatic ring is 1. The third-order valence-electron chi connectivity index (χ3n) is 3.49. The monoisotopic (exact) mass is 282 g/mol. The minimum Gasteiger partial charge on any atom is -0.508 e. The van der Waals surface area contributed by atoms with E-state index in [9.17, 15) is 5.11 Å². The molecule has 0 unspecified atom stereocenters. The Morgan fingerprint density at radius 3 is 2.62 bits per heavy atom. The van der Waals surface area contributed by atoms with Crippen LogP contribution in [0.25, 0.3) is 22.2 Å². The van der Waals surface area contributed by atoms with Crippen LogP contribution in [0.1, 0.15) is 20.8 Å². The Morgan fingerprint density at radius 2 is 1.95 bits per heavy atom. The van der Waals surface area contributed by atoms with Crippen molar-refractivity contribution in [3.63, 3.8) is 0 Å². The minimum atomic E-state index is -0.131. The number of hydrogen-bond acceptors (Lipinski definition) is 4. The largest absolute Gasteiger partial charge is 0.508 e. The number of anilines is 1. The first-order valence-corrected chi connectivity index (χ1v) is 6.79. The lowest BCUT2D eigenvalue weighted by atomic mass is 10.1. The summed E-state index contributed by atoms with van der Waals surface area (Å²) in [5.41, 5.74) is 8.55. The molecule has 0 saturated carbocycles. The van der Waals surface area contributed by atoms with Crippen LogP contribution in [0.4, 0.5) is 5.82 Å². The Labute approximate surface area is 123 Å². The van der Waals surface area contributed by atoms with Gasteiger partial charge in [-0.3, -0.25) is 0 Å². The van der Waals surface area contributed by atoms with Gasteiger partial charge in [0.05, 0.1) is 5.39 Å². The molecule has 0 aliphatic carbocycles. The summed E-state index contributed by atoms with van der Waals surface area (Å²) in [5, 5.41) is 10.5. The fraction of sp³-hybridized carbons (Fsp3) is 0.250. The highest BCUT2D eigenvalue weighted by Gasteiger charge is 2.21. The third kappa shape index (κ3) is 2.20. The highest BCUT2D eigenvalue weighted by molar-refractivity contribution is 6.00. The second-order valence-electron chi connectivity index (χ2n) is 6.09. The number of fused-ring (bicyclic) bond motifs is 1. The average Bonchev–Trinajstić information content (AvgIpc) is 2.79. The van der Waals surface area contributed by atoms with Crippen LogP contribution in [0.5, 0.6) is 5.75 Å². The van der Waals surface area contributed by atoms with E-state index in [1.165, 1.54) is 6.33 Å². The lowest BCUT2D eigenvalue weighted by Gasteiger charge is -2.21. The van der Waals surface area contributed by atoms with Gasteiger partial charge in [-0.25, -0.2) is 9.97 Å². The van der Waals surface area contributed by atoms with E-state index in [1.807, 2.05) is 18.3 Å². The maximum absolute atomic E-state index is 9.71. The fourth-order valence-electron chi connectivity index (χ4n) is 2.49. The zero-order chi connectivity index (χ0) is 15.2. The zero-order valence-corrected chi connectivity index (χ0v) is 12.3. The molecular weight excluding hydrogens is 264 g/mol. The van der Waals surface area contributed by atoms with Crippen LogP contribution in [-0.4, -0.2) is 19.6 Å². The molecule has 5 heteroatoms. The summed E-state index contributed by atoms with van der Waals surface area (Å²) in [7, 11) is 0. The number of phenols is 1. The third-order valence-corrected chi connectivity index (χ3v) is 3.49. The number of hydrogen-bond donors (Lipinski definition) is 2. The summed E-state index contributed by atoms with van der Waals surface area (Å²) in [5.74, 6) is 0.668. The summed E-state index contributed by atoms with van der Waals surface area (Å²) in [6.45, 7) is 6.32. The van der Waals surface area contributed by atoms with Gasteiger partial charge in [-0.1, -0.05) is 12.1 Å². The fourth-order valence-corrected chi connectivity index (χ4v) is 2.49. The number of nitrogens with two attached hydrogens (primary N) is 1. The molecular formula is C16H18N4O. The molecule has 3 rings (SSSR count). The number of rotatable bonds is 1. The summed E-state index contributed by atoms with van der Waals surface area (Å²) in [4.78, 5) is 8.49. The molecule has 0 aliphatic heterocycles. The zero-order valence-electron chi connectivity index (χ0n) is 12.3. The Hall–Kier alpha value is -2.56. The molecule has 0 fully saturated rings. The van der Waals surface area contributed by atoms with E-state index in [0.717, 1.165) is 22.2 Å². The molecule has 0 aliphatic rings. The molecule has 0 bridgehead atoms. The first kappa shape index (κ1) is 13.4. The second kappa shape index (κ2) is 4.48. The molecule has 108 valence electrons. The number of phenolic OH excluding ortho intramolecular Hbond substituents is 1. The van der Waals surface area contributed by atoms with Crippen molar-refractivity contribution in [1.82, 2.24) is 14.5 Å². The second-order valence-corrected chi connectivity index (χ2v) is 6.09. The lowest BCUT2D eigenvalue weighted by Crippen LogP contribution is -2.21. The molecule has 0 spiro atoms. The molecule has 3 aromatic rings. The Kier molecular flexibility index (Phi) is 2.86. The van der Waals surface area contributed by atoms with Crippen molar-refractivity contribution in [1.29, 1.82) is 0 Å². The van der Waals surface area contributed by atoms with Gasteiger partial charge in [0.1, 0.15) is 23.5 Å². The van der Waals surface area contributed by atoms with Crippen molar-refractivity contribution in [2.24, 2.45) is 0 Å². The van der Waals surface area contributed by atoms with Gasteiger partial charge in [0.15, 0.2) is 0 Å². The van der Waals surface area contributed by atoms with Gasteiger partial charge in [-0.05, 0) is 38.5 Å². The van der Waals surface area contributed by atoms with Crippen molar-refractivity contribution < 1.29 is 5.11 Å². The summed E-state index contributed by atoms with van der Waals surface area (Å²) >= 11 is 0. The average molecular weight is 282 g/mol. The van der Waals surface area contributed by atoms with E-state index < -0.39 is 0 Å². The van der Waals surface area contributed by atoms with E-state index in [-0.39, 0.29) is 11.3 Å². The van der Waals surface area contributed by atoms with E-state index in [1.54, 1.807) is 12.1 Å². The molecule has 0 radical (unpaired) electrons. The molecule has 0 amide bonds. The summed E-state index contributed by atoms with van der Waals surface area (Å²) in [6.07, 6.45) is 3.50. The number of nitrogens with zero attached hydrogens (tertiary/aromatic N) is 3. The van der Waals surface area contributed by atoms with Crippen molar-refractivity contribution in [2.45, 2.75) is 26.3 Å². The Bertz CT molecular complexity index is 815. The maximum Gasteiger partial charge on any atom is 0.146 e. The van der Waals surface area contributed by atoms with E-state index in [0.29, 0.717) is 5.82 Å². The van der Waals surface area contributed by atoms with Crippen LogP contribution in [0, 0.1) is 0 Å². The Balaban J connectivity index is 2.38. The van der Waals surface area contributed by atoms with Gasteiger partial charge in [-0.2, -0.15) is 0 Å². The van der Waals surface area contributed by atoms with Gasteiger partial charge in [0.25, 0.3) is 0 Å². The minimum absolute atomic E-state index is 0.131. The topological polar surface area (TPSA) is 77.0 Å². The Morgan fingerprint density at radius 1 is 1.19 bits per heavy atom. The highest BCUT2D eigenvalue weighted by atomic mass is 16.3. The SMILES string of the molecule is CC(C)(C)n1cc(-c2cccc(O)c2)c2c(N)ncnc21. The predicted molar refractivity (Wildman–Crippen MR) is 84.0 cm³/mol. The van der Waals surface area contributed by atoms with Crippen LogP contribution in [0.3, 0.4) is 0 Å². The van der Waals surface area contributed by atoms with E-state index >= 15 is 0 Å². The smallest absolute Gasteiger partial charge is 0.146 e. The number of aromatic nitrogens is 3. The number of benzene rings is 1. The van der Waals surface area contributed by atoms with E-state index in [4.69, 9.17) is 5.73 Å². The van der Waals surface area contributed by atoms with Crippen molar-refractivity contribution in [2.75, 3.05) is 5.73 Å². The molecule has 21 heavy (non-hydrogen) atoms. The van der Waals surface area contributed by atoms with Crippen LogP contribution in [-0.2, 0) is 5.54 Å². The standard InChI is InChI=1S/C16H18N4O/c1-16(2,3)20-8-12(10-5-4-6-11(21)7-10)13-14(17)18-9-19-15(13)20/h4-9,21H,1-3H3,(H2,17,18,19). The van der Waals surface area contributed by atoms with Gasteiger partial charge < -0.3 is 15.4 Å². The normalized spacial score (nSPS) is 12.0. The van der Waals surface area contributed by atoms with Crippen molar-refractivity contribution >= 4 is 16.9 Å². The van der Waals surface area contributed by atoms with Crippen molar-refractivity contribution in [3.05, 3.63) is 36.8 Å². The quantitative estimate of drug-likeness (QED) is 0.719. The molecule has 5 nitrogen and oxygen atoms in total. The van der Waals surface area contributed by atoms with Crippen LogP contribution >= 0.6 is 0 Å². The summed E-state index contributed by atoms with van der Waals surface area (Å²) in [6, 6.07) is 7.11. The summed E-state index contributed by atoms with van der Waals surface area (Å²) < 4.78 is 2.08. The molecule has 3 N–H and O–H groups in total. The van der Waals surface area contributed by atoms with Gasteiger partial charge in [0.2, 0.25) is 0 Å². The highest BCUT2D eigenvalue weighted by Crippen LogP contribution is 2.36. The lowest BCUT2D eigenvalue weighted by molar-refractivity contribution is 0.408. The van der Waals surface area contributed by atoms with Crippen LogP contribution < -0.4 is 5.73 Å². The van der Waals surface area contributed by atoms with Gasteiger partial charge in [0, 0.05) is 17.3 Å². The molecule has 0 saturated heterocycles. The number of aromatic hydroxyl groups is 1.